The highest BCUT2D eigenvalue weighted by Gasteiger charge is 2.35. The maximum absolute atomic E-state index is 15.1. The average Bonchev–Trinajstić information content (AvgIpc) is 3.40. The van der Waals surface area contributed by atoms with Crippen molar-refractivity contribution in [3.8, 4) is 0 Å². The molecule has 4 amide bonds. The van der Waals surface area contributed by atoms with Crippen LogP contribution in [-0.4, -0.2) is 61.1 Å². The number of carbonyl (C=O) groups is 3. The molecule has 3 fully saturated rings. The fraction of sp³-hybridized carbons (Fsp3) is 0.353. The van der Waals surface area contributed by atoms with Crippen molar-refractivity contribution < 1.29 is 23.5 Å². The average molecular weight is 598 g/mol. The van der Waals surface area contributed by atoms with Crippen LogP contribution in [0.3, 0.4) is 0 Å². The van der Waals surface area contributed by atoms with Crippen molar-refractivity contribution in [2.45, 2.75) is 38.8 Å². The topological polar surface area (TPSA) is 103 Å². The number of benzene rings is 3. The summed E-state index contributed by atoms with van der Waals surface area (Å²) in [4.78, 5) is 48.1. The summed E-state index contributed by atoms with van der Waals surface area (Å²) < 4.78 is 20.8. The number of nitrogens with zero attached hydrogens (tertiary/aromatic N) is 3. The van der Waals surface area contributed by atoms with Crippen molar-refractivity contribution in [1.82, 2.24) is 10.2 Å². The van der Waals surface area contributed by atoms with E-state index >= 15 is 4.39 Å². The standard InChI is InChI=1S/C34H36FN5O4/c1-22-7-6-8-25(19-22)36-33(42)38-31-32(41)40(17-18-44-34(43)39-20-23-13-14-24(21-39)16-15-23)29-12-5-3-10-27(29)30(37-31)26-9-2-4-11-28(26)35/h2-12,19,23-24,31H,13-18,20-21H2,1H3,(H2,36,38,42)/t23?,24?,31-/m0/s1. The Kier molecular flexibility index (Phi) is 8.58. The fourth-order valence-corrected chi connectivity index (χ4v) is 6.40. The number of urea groups is 1. The first-order chi connectivity index (χ1) is 21.4. The fourth-order valence-electron chi connectivity index (χ4n) is 6.40. The zero-order chi connectivity index (χ0) is 30.6. The molecular formula is C34H36FN5O4. The maximum Gasteiger partial charge on any atom is 0.409 e. The molecule has 0 aromatic heterocycles. The summed E-state index contributed by atoms with van der Waals surface area (Å²) in [6.07, 6.45) is 2.81. The first-order valence-corrected chi connectivity index (χ1v) is 15.1. The van der Waals surface area contributed by atoms with Gasteiger partial charge in [-0.15, -0.1) is 0 Å². The molecule has 228 valence electrons. The number of halogens is 1. The minimum atomic E-state index is -1.38. The molecule has 0 radical (unpaired) electrons. The summed E-state index contributed by atoms with van der Waals surface area (Å²) >= 11 is 0. The van der Waals surface area contributed by atoms with Gasteiger partial charge in [-0.05, 0) is 80.3 Å². The summed E-state index contributed by atoms with van der Waals surface area (Å²) in [7, 11) is 0. The van der Waals surface area contributed by atoms with Gasteiger partial charge in [0, 0.05) is 29.9 Å². The molecular weight excluding hydrogens is 561 g/mol. The smallest absolute Gasteiger partial charge is 0.409 e. The second-order valence-corrected chi connectivity index (χ2v) is 11.7. The van der Waals surface area contributed by atoms with Crippen LogP contribution in [-0.2, 0) is 9.53 Å². The van der Waals surface area contributed by atoms with Gasteiger partial charge in [-0.25, -0.2) is 19.0 Å². The number of aliphatic imine (C=N–C) groups is 1. The van der Waals surface area contributed by atoms with Crippen LogP contribution >= 0.6 is 0 Å². The van der Waals surface area contributed by atoms with E-state index in [4.69, 9.17) is 4.74 Å². The second kappa shape index (κ2) is 12.9. The molecule has 7 rings (SSSR count). The maximum atomic E-state index is 15.1. The number of amides is 4. The number of hydrogen-bond acceptors (Lipinski definition) is 5. The van der Waals surface area contributed by atoms with Gasteiger partial charge in [0.05, 0.1) is 17.9 Å². The summed E-state index contributed by atoms with van der Waals surface area (Å²) in [5, 5.41) is 5.41. The van der Waals surface area contributed by atoms with Gasteiger partial charge in [-0.2, -0.15) is 0 Å². The SMILES string of the molecule is Cc1cccc(NC(=O)N[C@@H]2N=C(c3ccccc3F)c3ccccc3N(CCOC(=O)N3CC4CCC(CC4)C3)C2=O)c1. The minimum Gasteiger partial charge on any atom is -0.448 e. The third kappa shape index (κ3) is 6.44. The van der Waals surface area contributed by atoms with Crippen LogP contribution in [0.25, 0.3) is 0 Å². The number of fused-ring (bicyclic) bond motifs is 5. The minimum absolute atomic E-state index is 0.0278. The molecule has 9 nitrogen and oxygen atoms in total. The zero-order valence-corrected chi connectivity index (χ0v) is 24.7. The van der Waals surface area contributed by atoms with Crippen molar-refractivity contribution in [2.24, 2.45) is 16.8 Å². The van der Waals surface area contributed by atoms with Crippen LogP contribution in [0.4, 0.5) is 25.4 Å². The lowest BCUT2D eigenvalue weighted by molar-refractivity contribution is -0.120. The predicted molar refractivity (Wildman–Crippen MR) is 166 cm³/mol. The van der Waals surface area contributed by atoms with Gasteiger partial charge < -0.3 is 25.2 Å². The number of benzodiazepines with no additional fused rings is 1. The third-order valence-electron chi connectivity index (χ3n) is 8.60. The van der Waals surface area contributed by atoms with Gasteiger partial charge in [0.2, 0.25) is 6.17 Å². The Morgan fingerprint density at radius 2 is 1.61 bits per heavy atom. The number of aryl methyl sites for hydroxylation is 1. The highest BCUT2D eigenvalue weighted by Crippen LogP contribution is 2.34. The van der Waals surface area contributed by atoms with Crippen molar-refractivity contribution in [2.75, 3.05) is 36.5 Å². The first kappa shape index (κ1) is 29.3. The molecule has 1 aliphatic carbocycles. The summed E-state index contributed by atoms with van der Waals surface area (Å²) in [5.41, 5.74) is 2.93. The second-order valence-electron chi connectivity index (χ2n) is 11.7. The first-order valence-electron chi connectivity index (χ1n) is 15.1. The van der Waals surface area contributed by atoms with E-state index in [0.29, 0.717) is 41.9 Å². The third-order valence-corrected chi connectivity index (χ3v) is 8.60. The molecule has 10 heteroatoms. The van der Waals surface area contributed by atoms with Gasteiger partial charge in [0.25, 0.3) is 5.91 Å². The van der Waals surface area contributed by atoms with Crippen LogP contribution in [0.5, 0.6) is 0 Å². The monoisotopic (exact) mass is 597 g/mol. The Labute approximate surface area is 256 Å². The quantitative estimate of drug-likeness (QED) is 0.379. The number of anilines is 2. The van der Waals surface area contributed by atoms with Gasteiger partial charge >= 0.3 is 12.1 Å². The Bertz CT molecular complexity index is 1570. The molecule has 1 atom stereocenters. The van der Waals surface area contributed by atoms with Crippen molar-refractivity contribution in [3.05, 3.63) is 95.3 Å². The number of nitrogens with one attached hydrogen (secondary N) is 2. The molecule has 1 saturated carbocycles. The van der Waals surface area contributed by atoms with Gasteiger partial charge in [0.1, 0.15) is 12.4 Å². The summed E-state index contributed by atoms with van der Waals surface area (Å²) in [6.45, 7) is 3.27. The van der Waals surface area contributed by atoms with E-state index in [0.717, 1.165) is 31.2 Å². The van der Waals surface area contributed by atoms with E-state index in [1.54, 1.807) is 59.5 Å². The number of hydrogen-bond donors (Lipinski definition) is 2. The molecule has 2 bridgehead atoms. The van der Waals surface area contributed by atoms with Crippen molar-refractivity contribution >= 4 is 35.1 Å². The lowest BCUT2D eigenvalue weighted by atomic mass is 9.84. The molecule has 2 saturated heterocycles. The van der Waals surface area contributed by atoms with Crippen LogP contribution < -0.4 is 15.5 Å². The van der Waals surface area contributed by atoms with E-state index in [9.17, 15) is 14.4 Å². The Morgan fingerprint density at radius 3 is 2.32 bits per heavy atom. The molecule has 0 spiro atoms. The van der Waals surface area contributed by atoms with Crippen molar-refractivity contribution in [1.29, 1.82) is 0 Å². The van der Waals surface area contributed by atoms with E-state index in [-0.39, 0.29) is 30.5 Å². The van der Waals surface area contributed by atoms with E-state index < -0.39 is 23.9 Å². The van der Waals surface area contributed by atoms with E-state index in [1.165, 1.54) is 11.0 Å². The number of carbonyl (C=O) groups excluding carboxylic acids is 3. The molecule has 3 aromatic rings. The van der Waals surface area contributed by atoms with Gasteiger partial charge in [-0.3, -0.25) is 4.79 Å². The summed E-state index contributed by atoms with van der Waals surface area (Å²) in [6, 6.07) is 19.9. The van der Waals surface area contributed by atoms with E-state index in [1.807, 2.05) is 19.1 Å². The predicted octanol–water partition coefficient (Wildman–Crippen LogP) is 5.72. The number of para-hydroxylation sites is 1. The van der Waals surface area contributed by atoms with Crippen molar-refractivity contribution in [3.63, 3.8) is 0 Å². The van der Waals surface area contributed by atoms with Crippen LogP contribution in [0.15, 0.2) is 77.8 Å². The van der Waals surface area contributed by atoms with Gasteiger partial charge in [0.15, 0.2) is 0 Å². The normalized spacial score (nSPS) is 21.1. The zero-order valence-electron chi connectivity index (χ0n) is 24.7. The molecule has 3 aromatic carbocycles. The lowest BCUT2D eigenvalue weighted by Gasteiger charge is -2.26. The highest BCUT2D eigenvalue weighted by atomic mass is 19.1. The number of rotatable bonds is 6. The largest absolute Gasteiger partial charge is 0.448 e. The lowest BCUT2D eigenvalue weighted by Crippen LogP contribution is -2.49. The molecule has 3 aliphatic heterocycles. The van der Waals surface area contributed by atoms with Gasteiger partial charge in [-0.1, -0.05) is 42.5 Å². The molecule has 2 N–H and O–H groups in total. The summed E-state index contributed by atoms with van der Waals surface area (Å²) in [5.74, 6) is -0.0310. The van der Waals surface area contributed by atoms with Crippen LogP contribution in [0.2, 0.25) is 0 Å². The Balaban J connectivity index is 1.26. The molecule has 0 unspecified atom stereocenters. The molecule has 4 aliphatic rings. The van der Waals surface area contributed by atoms with Crippen LogP contribution in [0, 0.1) is 24.6 Å². The number of ether oxygens (including phenoxy) is 1. The van der Waals surface area contributed by atoms with E-state index in [2.05, 4.69) is 15.6 Å². The Morgan fingerprint density at radius 1 is 0.932 bits per heavy atom. The Hall–Kier alpha value is -4.73. The van der Waals surface area contributed by atoms with Crippen LogP contribution in [0.1, 0.15) is 42.4 Å². The highest BCUT2D eigenvalue weighted by molar-refractivity contribution is 6.20. The molecule has 44 heavy (non-hydrogen) atoms. The molecule has 3 heterocycles.